The number of aromatic nitrogens is 3. The SMILES string of the molecule is COc1ccc([Si](C)(C)[C@H]2[C@H](C)[C@H](CCc3cccc(N4CCCCCCC4=O)c3)O[C@@H]2CCn2cc(C(CO)c3ccccc3)nn2)cc1. The van der Waals surface area contributed by atoms with Gasteiger partial charge in [0.05, 0.1) is 45.6 Å². The maximum absolute atomic E-state index is 13.0. The number of hydrogen-bond donors (Lipinski definition) is 1. The Kier molecular flexibility index (Phi) is 11.9. The van der Waals surface area contributed by atoms with Gasteiger partial charge in [0.15, 0.2) is 0 Å². The molecule has 0 saturated carbocycles. The minimum absolute atomic E-state index is 0.0192. The molecular formula is C41H54N4O4Si. The van der Waals surface area contributed by atoms with Gasteiger partial charge in [0.2, 0.25) is 5.91 Å². The van der Waals surface area contributed by atoms with E-state index in [0.29, 0.717) is 24.4 Å². The highest BCUT2D eigenvalue weighted by Gasteiger charge is 2.50. The number of aliphatic hydroxyl groups is 1. The molecule has 0 radical (unpaired) electrons. The number of anilines is 1. The molecular weight excluding hydrogens is 641 g/mol. The second-order valence-corrected chi connectivity index (χ2v) is 19.5. The fourth-order valence-electron chi connectivity index (χ4n) is 8.43. The summed E-state index contributed by atoms with van der Waals surface area (Å²) in [7, 11) is -0.296. The second kappa shape index (κ2) is 16.5. The molecule has 50 heavy (non-hydrogen) atoms. The predicted molar refractivity (Wildman–Crippen MR) is 202 cm³/mol. The van der Waals surface area contributed by atoms with E-state index in [9.17, 15) is 9.90 Å². The van der Waals surface area contributed by atoms with Gasteiger partial charge in [-0.05, 0) is 79.0 Å². The van der Waals surface area contributed by atoms with Gasteiger partial charge in [-0.2, -0.15) is 0 Å². The zero-order valence-electron chi connectivity index (χ0n) is 30.2. The first kappa shape index (κ1) is 36.0. The molecule has 4 aromatic rings. The first-order chi connectivity index (χ1) is 24.3. The Labute approximate surface area is 298 Å². The minimum Gasteiger partial charge on any atom is -0.497 e. The fraction of sp³-hybridized carbons (Fsp3) is 0.488. The summed E-state index contributed by atoms with van der Waals surface area (Å²) in [6.07, 6.45) is 9.89. The van der Waals surface area contributed by atoms with Gasteiger partial charge in [0, 0.05) is 31.4 Å². The van der Waals surface area contributed by atoms with Crippen LogP contribution in [-0.2, 0) is 22.5 Å². The highest BCUT2D eigenvalue weighted by Crippen LogP contribution is 2.46. The van der Waals surface area contributed by atoms with Crippen LogP contribution in [0.4, 0.5) is 5.69 Å². The van der Waals surface area contributed by atoms with Gasteiger partial charge in [0.1, 0.15) is 5.75 Å². The van der Waals surface area contributed by atoms with Crippen LogP contribution in [0, 0.1) is 5.92 Å². The number of hydrogen-bond acceptors (Lipinski definition) is 6. The van der Waals surface area contributed by atoms with E-state index in [0.717, 1.165) is 67.8 Å². The molecule has 1 N–H and O–H groups in total. The van der Waals surface area contributed by atoms with Crippen LogP contribution in [0.2, 0.25) is 18.6 Å². The number of methoxy groups -OCH3 is 1. The molecule has 2 aliphatic rings. The van der Waals surface area contributed by atoms with Crippen LogP contribution < -0.4 is 14.8 Å². The Bertz CT molecular complexity index is 1680. The molecule has 0 aliphatic carbocycles. The van der Waals surface area contributed by atoms with Crippen molar-refractivity contribution in [3.63, 3.8) is 0 Å². The normalized spacial score (nSPS) is 22.3. The molecule has 0 spiro atoms. The van der Waals surface area contributed by atoms with Crippen LogP contribution in [0.15, 0.2) is 85.1 Å². The molecule has 2 saturated heterocycles. The molecule has 1 unspecified atom stereocenters. The Hall–Kier alpha value is -3.79. The first-order valence-electron chi connectivity index (χ1n) is 18.5. The summed E-state index contributed by atoms with van der Waals surface area (Å²) < 4.78 is 14.5. The van der Waals surface area contributed by atoms with Gasteiger partial charge in [-0.1, -0.05) is 97.9 Å². The molecule has 266 valence electrons. The van der Waals surface area contributed by atoms with Crippen molar-refractivity contribution in [2.24, 2.45) is 5.92 Å². The third-order valence-corrected chi connectivity index (χ3v) is 15.7. The summed E-state index contributed by atoms with van der Waals surface area (Å²) >= 11 is 0. The first-order valence-corrected chi connectivity index (χ1v) is 21.6. The quantitative estimate of drug-likeness (QED) is 0.150. The van der Waals surface area contributed by atoms with Crippen LogP contribution in [0.1, 0.15) is 74.6 Å². The average Bonchev–Trinajstić information content (AvgIpc) is 3.73. The summed E-state index contributed by atoms with van der Waals surface area (Å²) in [5.41, 5.74) is 4.50. The van der Waals surface area contributed by atoms with Crippen LogP contribution >= 0.6 is 0 Å². The molecule has 1 aromatic heterocycles. The van der Waals surface area contributed by atoms with Crippen molar-refractivity contribution in [3.8, 4) is 5.75 Å². The molecule has 1 amide bonds. The van der Waals surface area contributed by atoms with E-state index in [2.05, 4.69) is 78.9 Å². The average molecular weight is 695 g/mol. The smallest absolute Gasteiger partial charge is 0.226 e. The largest absolute Gasteiger partial charge is 0.497 e. The highest BCUT2D eigenvalue weighted by molar-refractivity contribution is 6.91. The molecule has 9 heteroatoms. The third-order valence-electron chi connectivity index (χ3n) is 11.3. The van der Waals surface area contributed by atoms with E-state index in [1.807, 2.05) is 46.1 Å². The monoisotopic (exact) mass is 694 g/mol. The van der Waals surface area contributed by atoms with Crippen molar-refractivity contribution in [2.45, 2.75) is 102 Å². The maximum Gasteiger partial charge on any atom is 0.226 e. The number of aliphatic hydroxyl groups excluding tert-OH is 1. The van der Waals surface area contributed by atoms with Crippen molar-refractivity contribution in [2.75, 3.05) is 25.2 Å². The second-order valence-electron chi connectivity index (χ2n) is 14.8. The number of rotatable bonds is 13. The summed E-state index contributed by atoms with van der Waals surface area (Å²) in [6, 6.07) is 27.3. The number of amides is 1. The molecule has 5 atom stereocenters. The molecule has 2 aliphatic heterocycles. The minimum atomic E-state index is -2.01. The lowest BCUT2D eigenvalue weighted by molar-refractivity contribution is -0.118. The molecule has 2 fully saturated rings. The Morgan fingerprint density at radius 2 is 1.74 bits per heavy atom. The third kappa shape index (κ3) is 8.22. The van der Waals surface area contributed by atoms with Crippen molar-refractivity contribution >= 4 is 24.9 Å². The van der Waals surface area contributed by atoms with E-state index < -0.39 is 8.07 Å². The van der Waals surface area contributed by atoms with Crippen LogP contribution in [0.25, 0.3) is 0 Å². The molecule has 6 rings (SSSR count). The number of nitrogens with zero attached hydrogens (tertiary/aromatic N) is 4. The number of carbonyl (C=O) groups excluding carboxylic acids is 1. The fourth-order valence-corrected chi connectivity index (χ4v) is 12.5. The van der Waals surface area contributed by atoms with Gasteiger partial charge in [-0.15, -0.1) is 5.10 Å². The van der Waals surface area contributed by atoms with E-state index in [-0.39, 0.29) is 30.6 Å². The Balaban J connectivity index is 1.18. The van der Waals surface area contributed by atoms with Crippen molar-refractivity contribution in [1.82, 2.24) is 15.0 Å². The molecule has 3 aromatic carbocycles. The lowest BCUT2D eigenvalue weighted by Crippen LogP contribution is -2.50. The van der Waals surface area contributed by atoms with Crippen molar-refractivity contribution < 1.29 is 19.4 Å². The zero-order chi connectivity index (χ0) is 35.1. The van der Waals surface area contributed by atoms with Crippen LogP contribution in [0.3, 0.4) is 0 Å². The van der Waals surface area contributed by atoms with Crippen molar-refractivity contribution in [3.05, 3.63) is 102 Å². The highest BCUT2D eigenvalue weighted by atomic mass is 28.3. The summed E-state index contributed by atoms with van der Waals surface area (Å²) in [6.45, 7) is 8.84. The summed E-state index contributed by atoms with van der Waals surface area (Å²) in [4.78, 5) is 15.0. The van der Waals surface area contributed by atoms with Gasteiger partial charge >= 0.3 is 0 Å². The summed E-state index contributed by atoms with van der Waals surface area (Å²) in [5, 5.41) is 20.6. The van der Waals surface area contributed by atoms with E-state index in [1.165, 1.54) is 17.2 Å². The number of aryl methyl sites for hydroxylation is 2. The van der Waals surface area contributed by atoms with E-state index in [1.54, 1.807) is 7.11 Å². The Morgan fingerprint density at radius 1 is 0.960 bits per heavy atom. The van der Waals surface area contributed by atoms with Crippen molar-refractivity contribution in [1.29, 1.82) is 0 Å². The molecule has 0 bridgehead atoms. The predicted octanol–water partition coefficient (Wildman–Crippen LogP) is 7.12. The zero-order valence-corrected chi connectivity index (χ0v) is 31.2. The van der Waals surface area contributed by atoms with E-state index in [4.69, 9.17) is 9.47 Å². The van der Waals surface area contributed by atoms with E-state index >= 15 is 0 Å². The van der Waals surface area contributed by atoms with Crippen LogP contribution in [0.5, 0.6) is 5.75 Å². The maximum atomic E-state index is 13.0. The standard InChI is InChI=1S/C41H54N4O4Si/c1-30-38(23-18-31-13-12-16-33(27-31)45-25-11-6-5-10-17-40(45)47)49-39(41(30)50(3,4)35-21-19-34(48-2)20-22-35)24-26-44-28-37(42-43-44)36(29-46)32-14-8-7-9-15-32/h7-9,12-16,19-22,27-28,30,36,38-39,41,46H,5-6,10-11,17-18,23-26,29H2,1-4H3/t30-,36?,38+,39-,41+/m1/s1. The number of carbonyl (C=O) groups is 1. The van der Waals surface area contributed by atoms with Gasteiger partial charge in [0.25, 0.3) is 0 Å². The Morgan fingerprint density at radius 3 is 2.50 bits per heavy atom. The van der Waals surface area contributed by atoms with Crippen LogP contribution in [-0.4, -0.2) is 66.6 Å². The number of ether oxygens (including phenoxy) is 2. The molecule has 8 nitrogen and oxygen atoms in total. The lowest BCUT2D eigenvalue weighted by Gasteiger charge is -2.36. The topological polar surface area (TPSA) is 89.7 Å². The van der Waals surface area contributed by atoms with Gasteiger partial charge < -0.3 is 19.5 Å². The lowest BCUT2D eigenvalue weighted by atomic mass is 9.95. The number of benzene rings is 3. The van der Waals surface area contributed by atoms with Gasteiger partial charge in [-0.3, -0.25) is 9.48 Å². The summed E-state index contributed by atoms with van der Waals surface area (Å²) in [5.74, 6) is 1.30. The van der Waals surface area contributed by atoms with Gasteiger partial charge in [-0.25, -0.2) is 0 Å². The molecule has 3 heterocycles.